The molecule has 1 aromatic rings. The van der Waals surface area contributed by atoms with Crippen molar-refractivity contribution in [2.75, 3.05) is 20.2 Å². The number of hydrogen-bond donors (Lipinski definition) is 1. The highest BCUT2D eigenvalue weighted by Gasteiger charge is 2.32. The molecule has 1 aliphatic heterocycles. The predicted molar refractivity (Wildman–Crippen MR) is 81.1 cm³/mol. The second kappa shape index (κ2) is 6.87. The van der Waals surface area contributed by atoms with E-state index >= 15 is 0 Å². The molecule has 0 aliphatic carbocycles. The summed E-state index contributed by atoms with van der Waals surface area (Å²) in [6.45, 7) is 2.96. The molecular weight excluding hydrogens is 290 g/mol. The SMILES string of the molecule is COC1CN(S(=O)(=O)Cc2cccc(CO)c2)CCC1C. The van der Waals surface area contributed by atoms with Crippen LogP contribution in [0.4, 0.5) is 0 Å². The Bertz CT molecular complexity index is 573. The van der Waals surface area contributed by atoms with E-state index < -0.39 is 10.0 Å². The average Bonchev–Trinajstić information content (AvgIpc) is 2.47. The molecule has 1 N–H and O–H groups in total. The summed E-state index contributed by atoms with van der Waals surface area (Å²) >= 11 is 0. The summed E-state index contributed by atoms with van der Waals surface area (Å²) in [5.74, 6) is 0.338. The lowest BCUT2D eigenvalue weighted by atomic mass is 9.97. The molecule has 2 rings (SSSR count). The first-order valence-electron chi connectivity index (χ1n) is 7.15. The van der Waals surface area contributed by atoms with Crippen LogP contribution in [0.5, 0.6) is 0 Å². The molecule has 2 unspecified atom stereocenters. The van der Waals surface area contributed by atoms with Crippen LogP contribution in [0.2, 0.25) is 0 Å². The van der Waals surface area contributed by atoms with Gasteiger partial charge in [0, 0.05) is 20.2 Å². The molecule has 1 aromatic carbocycles. The monoisotopic (exact) mass is 313 g/mol. The standard InChI is InChI=1S/C15H23NO4S/c1-12-6-7-16(9-15(12)20-2)21(18,19)11-14-5-3-4-13(8-14)10-17/h3-5,8,12,15,17H,6-7,9-11H2,1-2H3. The van der Waals surface area contributed by atoms with Crippen LogP contribution >= 0.6 is 0 Å². The van der Waals surface area contributed by atoms with Crippen LogP contribution < -0.4 is 0 Å². The highest BCUT2D eigenvalue weighted by molar-refractivity contribution is 7.88. The number of hydrogen-bond acceptors (Lipinski definition) is 4. The van der Waals surface area contributed by atoms with Crippen LogP contribution in [0.15, 0.2) is 24.3 Å². The van der Waals surface area contributed by atoms with Gasteiger partial charge in [-0.3, -0.25) is 0 Å². The van der Waals surface area contributed by atoms with Gasteiger partial charge in [0.15, 0.2) is 0 Å². The van der Waals surface area contributed by atoms with E-state index in [0.29, 0.717) is 24.6 Å². The maximum atomic E-state index is 12.5. The van der Waals surface area contributed by atoms with Crippen molar-refractivity contribution in [3.05, 3.63) is 35.4 Å². The van der Waals surface area contributed by atoms with Crippen molar-refractivity contribution in [3.63, 3.8) is 0 Å². The van der Waals surface area contributed by atoms with Gasteiger partial charge in [-0.1, -0.05) is 31.2 Å². The molecule has 0 radical (unpaired) electrons. The number of aliphatic hydroxyl groups is 1. The number of nitrogens with zero attached hydrogens (tertiary/aromatic N) is 1. The number of methoxy groups -OCH3 is 1. The molecule has 21 heavy (non-hydrogen) atoms. The first-order valence-corrected chi connectivity index (χ1v) is 8.76. The fourth-order valence-electron chi connectivity index (χ4n) is 2.68. The van der Waals surface area contributed by atoms with Gasteiger partial charge in [0.25, 0.3) is 0 Å². The Morgan fingerprint density at radius 1 is 1.38 bits per heavy atom. The lowest BCUT2D eigenvalue weighted by Crippen LogP contribution is -2.46. The Balaban J connectivity index is 2.11. The van der Waals surface area contributed by atoms with Crippen LogP contribution in [0, 0.1) is 5.92 Å². The minimum atomic E-state index is -3.36. The number of piperidine rings is 1. The fraction of sp³-hybridized carbons (Fsp3) is 0.600. The van der Waals surface area contributed by atoms with E-state index in [2.05, 4.69) is 6.92 Å². The van der Waals surface area contributed by atoms with Gasteiger partial charge in [-0.2, -0.15) is 4.31 Å². The molecule has 2 atom stereocenters. The van der Waals surface area contributed by atoms with E-state index in [1.54, 1.807) is 31.4 Å². The third-order valence-corrected chi connectivity index (χ3v) is 5.89. The Morgan fingerprint density at radius 3 is 2.76 bits per heavy atom. The Kier molecular flexibility index (Phi) is 5.37. The molecule has 0 amide bonds. The van der Waals surface area contributed by atoms with E-state index in [-0.39, 0.29) is 18.5 Å². The number of benzene rings is 1. The molecule has 5 nitrogen and oxygen atoms in total. The van der Waals surface area contributed by atoms with Crippen LogP contribution in [-0.4, -0.2) is 44.1 Å². The third kappa shape index (κ3) is 4.03. The van der Waals surface area contributed by atoms with Gasteiger partial charge in [-0.25, -0.2) is 8.42 Å². The van der Waals surface area contributed by atoms with Crippen molar-refractivity contribution in [3.8, 4) is 0 Å². The lowest BCUT2D eigenvalue weighted by molar-refractivity contribution is 0.0183. The van der Waals surface area contributed by atoms with E-state index in [4.69, 9.17) is 9.84 Å². The van der Waals surface area contributed by atoms with E-state index in [0.717, 1.165) is 12.0 Å². The van der Waals surface area contributed by atoms with Gasteiger partial charge in [-0.05, 0) is 23.5 Å². The van der Waals surface area contributed by atoms with Crippen molar-refractivity contribution in [1.82, 2.24) is 4.31 Å². The summed E-state index contributed by atoms with van der Waals surface area (Å²) in [5.41, 5.74) is 1.43. The smallest absolute Gasteiger partial charge is 0.218 e. The first kappa shape index (κ1) is 16.4. The highest BCUT2D eigenvalue weighted by Crippen LogP contribution is 2.23. The first-order chi connectivity index (χ1) is 9.96. The average molecular weight is 313 g/mol. The van der Waals surface area contributed by atoms with Gasteiger partial charge in [0.05, 0.1) is 18.5 Å². The van der Waals surface area contributed by atoms with Crippen molar-refractivity contribution < 1.29 is 18.3 Å². The Labute approximate surface area is 126 Å². The van der Waals surface area contributed by atoms with Crippen molar-refractivity contribution in [1.29, 1.82) is 0 Å². The quantitative estimate of drug-likeness (QED) is 0.891. The third-order valence-electron chi connectivity index (χ3n) is 4.07. The Hall–Kier alpha value is -0.950. The molecular formula is C15H23NO4S. The largest absolute Gasteiger partial charge is 0.392 e. The topological polar surface area (TPSA) is 66.8 Å². The van der Waals surface area contributed by atoms with E-state index in [1.165, 1.54) is 4.31 Å². The number of ether oxygens (including phenoxy) is 1. The molecule has 0 aromatic heterocycles. The predicted octanol–water partition coefficient (Wildman–Crippen LogP) is 1.37. The van der Waals surface area contributed by atoms with Crippen molar-refractivity contribution in [2.24, 2.45) is 5.92 Å². The molecule has 1 fully saturated rings. The molecule has 1 aliphatic rings. The van der Waals surface area contributed by atoms with Crippen molar-refractivity contribution >= 4 is 10.0 Å². The van der Waals surface area contributed by atoms with Crippen LogP contribution in [0.25, 0.3) is 0 Å². The summed E-state index contributed by atoms with van der Waals surface area (Å²) in [7, 11) is -1.73. The second-order valence-electron chi connectivity index (χ2n) is 5.63. The highest BCUT2D eigenvalue weighted by atomic mass is 32.2. The summed E-state index contributed by atoms with van der Waals surface area (Å²) in [5, 5.41) is 9.13. The molecule has 1 saturated heterocycles. The second-order valence-corrected chi connectivity index (χ2v) is 7.60. The van der Waals surface area contributed by atoms with Crippen LogP contribution in [-0.2, 0) is 27.1 Å². The summed E-state index contributed by atoms with van der Waals surface area (Å²) in [4.78, 5) is 0. The van der Waals surface area contributed by atoms with Gasteiger partial charge in [0.1, 0.15) is 0 Å². The zero-order valence-electron chi connectivity index (χ0n) is 12.5. The normalized spacial score (nSPS) is 24.1. The number of rotatable bonds is 5. The van der Waals surface area contributed by atoms with Crippen LogP contribution in [0.3, 0.4) is 0 Å². The zero-order valence-corrected chi connectivity index (χ0v) is 13.3. The summed E-state index contributed by atoms with van der Waals surface area (Å²) in [6.07, 6.45) is 0.770. The zero-order chi connectivity index (χ0) is 15.5. The fourth-order valence-corrected chi connectivity index (χ4v) is 4.23. The molecule has 0 bridgehead atoms. The number of aliphatic hydroxyl groups excluding tert-OH is 1. The summed E-state index contributed by atoms with van der Waals surface area (Å²) in [6, 6.07) is 7.06. The van der Waals surface area contributed by atoms with Gasteiger partial charge < -0.3 is 9.84 Å². The maximum absolute atomic E-state index is 12.5. The van der Waals surface area contributed by atoms with E-state index in [1.807, 2.05) is 0 Å². The maximum Gasteiger partial charge on any atom is 0.218 e. The molecule has 1 heterocycles. The molecule has 0 saturated carbocycles. The van der Waals surface area contributed by atoms with Crippen molar-refractivity contribution in [2.45, 2.75) is 31.8 Å². The summed E-state index contributed by atoms with van der Waals surface area (Å²) < 4.78 is 32.0. The lowest BCUT2D eigenvalue weighted by Gasteiger charge is -2.35. The Morgan fingerprint density at radius 2 is 2.10 bits per heavy atom. The molecule has 0 spiro atoms. The minimum absolute atomic E-state index is 0.0361. The molecule has 118 valence electrons. The van der Waals surface area contributed by atoms with Gasteiger partial charge >= 0.3 is 0 Å². The van der Waals surface area contributed by atoms with Crippen LogP contribution in [0.1, 0.15) is 24.5 Å². The van der Waals surface area contributed by atoms with E-state index in [9.17, 15) is 8.42 Å². The molecule has 6 heteroatoms. The van der Waals surface area contributed by atoms with Gasteiger partial charge in [0.2, 0.25) is 10.0 Å². The minimum Gasteiger partial charge on any atom is -0.392 e. The van der Waals surface area contributed by atoms with Gasteiger partial charge in [-0.15, -0.1) is 0 Å². The number of sulfonamides is 1.